The van der Waals surface area contributed by atoms with Crippen molar-refractivity contribution in [3.05, 3.63) is 83.3 Å². The summed E-state index contributed by atoms with van der Waals surface area (Å²) in [5.74, 6) is -0.317. The zero-order valence-corrected chi connectivity index (χ0v) is 19.8. The smallest absolute Gasteiger partial charge is 0.450 e. The summed E-state index contributed by atoms with van der Waals surface area (Å²) in [6.07, 6.45) is 1.24. The number of hydrogen-bond donors (Lipinski definition) is 1. The highest BCUT2D eigenvalue weighted by atomic mass is 32.1. The number of pyridine rings is 1. The Bertz CT molecular complexity index is 1400. The maximum Gasteiger partial charge on any atom is 0.506 e. The Morgan fingerprint density at radius 2 is 1.97 bits per heavy atom. The molecule has 2 fully saturated rings. The number of halogens is 1. The topological polar surface area (TPSA) is 75.6 Å². The van der Waals surface area contributed by atoms with E-state index in [-0.39, 0.29) is 17.3 Å². The van der Waals surface area contributed by atoms with Crippen molar-refractivity contribution in [2.45, 2.75) is 37.3 Å². The monoisotopic (exact) mass is 489 g/mol. The van der Waals surface area contributed by atoms with Gasteiger partial charge in [0.1, 0.15) is 27.3 Å². The van der Waals surface area contributed by atoms with Gasteiger partial charge in [0.25, 0.3) is 0 Å². The Kier molecular flexibility index (Phi) is 5.50. The van der Waals surface area contributed by atoms with Crippen LogP contribution in [0.5, 0.6) is 0 Å². The summed E-state index contributed by atoms with van der Waals surface area (Å²) < 4.78 is 20.0. The molecule has 1 aliphatic carbocycles. The summed E-state index contributed by atoms with van der Waals surface area (Å²) >= 11 is 1.42. The fraction of sp³-hybridized carbons (Fsp3) is 0.296. The largest absolute Gasteiger partial charge is 0.506 e. The van der Waals surface area contributed by atoms with E-state index in [9.17, 15) is 4.79 Å². The second-order valence-corrected chi connectivity index (χ2v) is 10.3. The summed E-state index contributed by atoms with van der Waals surface area (Å²) in [4.78, 5) is 23.2. The SMILES string of the molecule is O=C(O)O[C@H]1CCN(Cc2ccc(-c3nc4ccc(C5(c6ccccc6)CC5)nc4s3)c(F)c2)C1. The lowest BCUT2D eigenvalue weighted by molar-refractivity contribution is 0.0548. The van der Waals surface area contributed by atoms with Crippen molar-refractivity contribution in [3.63, 3.8) is 0 Å². The number of ether oxygens (including phenoxy) is 1. The minimum absolute atomic E-state index is 0.0173. The molecule has 1 N–H and O–H groups in total. The first-order valence-electron chi connectivity index (χ1n) is 11.7. The van der Waals surface area contributed by atoms with Gasteiger partial charge in [-0.3, -0.25) is 4.90 Å². The number of nitrogens with zero attached hydrogens (tertiary/aromatic N) is 3. The molecule has 1 saturated heterocycles. The predicted octanol–water partition coefficient (Wildman–Crippen LogP) is 5.85. The fourth-order valence-electron chi connectivity index (χ4n) is 5.04. The first-order valence-corrected chi connectivity index (χ1v) is 12.6. The van der Waals surface area contributed by atoms with Gasteiger partial charge in [-0.1, -0.05) is 47.7 Å². The van der Waals surface area contributed by atoms with Crippen molar-refractivity contribution in [3.8, 4) is 10.6 Å². The lowest BCUT2D eigenvalue weighted by Crippen LogP contribution is -2.24. The zero-order valence-electron chi connectivity index (χ0n) is 19.0. The summed E-state index contributed by atoms with van der Waals surface area (Å²) in [7, 11) is 0. The van der Waals surface area contributed by atoms with Crippen molar-refractivity contribution >= 4 is 27.8 Å². The normalized spacial score (nSPS) is 19.2. The Balaban J connectivity index is 1.22. The number of fused-ring (bicyclic) bond motifs is 1. The van der Waals surface area contributed by atoms with Gasteiger partial charge in [-0.05, 0) is 54.7 Å². The third-order valence-electron chi connectivity index (χ3n) is 6.99. The van der Waals surface area contributed by atoms with E-state index in [0.29, 0.717) is 30.1 Å². The van der Waals surface area contributed by atoms with Crippen molar-refractivity contribution in [1.82, 2.24) is 14.9 Å². The van der Waals surface area contributed by atoms with Gasteiger partial charge in [0.15, 0.2) is 0 Å². The average Bonchev–Trinajstić information content (AvgIpc) is 3.38. The molecule has 0 radical (unpaired) electrons. The molecular formula is C27H24FN3O3S. The van der Waals surface area contributed by atoms with Crippen LogP contribution < -0.4 is 0 Å². The highest BCUT2D eigenvalue weighted by Crippen LogP contribution is 2.53. The summed E-state index contributed by atoms with van der Waals surface area (Å²) in [6.45, 7) is 1.78. The second kappa shape index (κ2) is 8.70. The van der Waals surface area contributed by atoms with Gasteiger partial charge in [0.05, 0.1) is 5.69 Å². The Morgan fingerprint density at radius 1 is 1.14 bits per heavy atom. The van der Waals surface area contributed by atoms with E-state index in [1.807, 2.05) is 18.2 Å². The molecule has 6 rings (SSSR count). The van der Waals surface area contributed by atoms with Crippen LogP contribution >= 0.6 is 11.3 Å². The number of thiazole rings is 1. The van der Waals surface area contributed by atoms with E-state index in [2.05, 4.69) is 40.2 Å². The molecule has 2 aromatic carbocycles. The van der Waals surface area contributed by atoms with Crippen molar-refractivity contribution in [1.29, 1.82) is 0 Å². The first-order chi connectivity index (χ1) is 17.0. The standard InChI is InChI=1S/C27H24FN3O3S/c28-21-14-17(15-31-13-10-19(16-31)34-26(32)33)6-7-20(21)24-29-22-8-9-23(30-25(22)35-24)27(11-12-27)18-4-2-1-3-5-18/h1-9,14,19H,10-13,15-16H2,(H,32,33)/t19-/m0/s1. The third-order valence-corrected chi connectivity index (χ3v) is 7.99. The van der Waals surface area contributed by atoms with Crippen LogP contribution in [0.15, 0.2) is 60.7 Å². The Labute approximate surface area is 206 Å². The molecule has 0 unspecified atom stereocenters. The quantitative estimate of drug-likeness (QED) is 0.343. The molecule has 4 aromatic rings. The van der Waals surface area contributed by atoms with Crippen LogP contribution in [0.3, 0.4) is 0 Å². The molecule has 178 valence electrons. The van der Waals surface area contributed by atoms with Crippen LogP contribution in [-0.4, -0.2) is 45.3 Å². The zero-order chi connectivity index (χ0) is 24.0. The number of carbonyl (C=O) groups is 1. The first kappa shape index (κ1) is 22.1. The maximum absolute atomic E-state index is 15.1. The lowest BCUT2D eigenvalue weighted by Gasteiger charge is -2.16. The molecule has 8 heteroatoms. The number of hydrogen-bond acceptors (Lipinski definition) is 6. The number of likely N-dealkylation sites (tertiary alicyclic amines) is 1. The number of rotatable bonds is 6. The van der Waals surface area contributed by atoms with Crippen LogP contribution in [0.1, 0.15) is 36.1 Å². The maximum atomic E-state index is 15.1. The fourth-order valence-corrected chi connectivity index (χ4v) is 6.01. The van der Waals surface area contributed by atoms with E-state index in [1.165, 1.54) is 16.9 Å². The van der Waals surface area contributed by atoms with Gasteiger partial charge in [0.2, 0.25) is 0 Å². The molecule has 1 atom stereocenters. The second-order valence-electron chi connectivity index (χ2n) is 9.33. The van der Waals surface area contributed by atoms with Crippen LogP contribution in [0, 0.1) is 5.82 Å². The van der Waals surface area contributed by atoms with Crippen molar-refractivity contribution in [2.24, 2.45) is 0 Å². The van der Waals surface area contributed by atoms with Crippen molar-refractivity contribution < 1.29 is 19.0 Å². The molecule has 35 heavy (non-hydrogen) atoms. The van der Waals surface area contributed by atoms with Gasteiger partial charge < -0.3 is 9.84 Å². The highest BCUT2D eigenvalue weighted by Gasteiger charge is 2.47. The summed E-state index contributed by atoms with van der Waals surface area (Å²) in [5.41, 5.74) is 4.41. The minimum Gasteiger partial charge on any atom is -0.450 e. The third kappa shape index (κ3) is 4.28. The molecule has 2 aliphatic rings. The molecular weight excluding hydrogens is 465 g/mol. The lowest BCUT2D eigenvalue weighted by atomic mass is 9.92. The van der Waals surface area contributed by atoms with Gasteiger partial charge in [-0.15, -0.1) is 0 Å². The molecule has 6 nitrogen and oxygen atoms in total. The molecule has 2 aromatic heterocycles. The minimum atomic E-state index is -1.25. The number of aromatic nitrogens is 2. The molecule has 1 saturated carbocycles. The molecule has 0 spiro atoms. The van der Waals surface area contributed by atoms with E-state index in [1.54, 1.807) is 12.1 Å². The van der Waals surface area contributed by atoms with Crippen LogP contribution in [0.25, 0.3) is 20.9 Å². The molecule has 0 amide bonds. The van der Waals surface area contributed by atoms with Gasteiger partial charge in [0, 0.05) is 30.6 Å². The summed E-state index contributed by atoms with van der Waals surface area (Å²) in [6, 6.07) is 19.8. The molecule has 3 heterocycles. The predicted molar refractivity (Wildman–Crippen MR) is 132 cm³/mol. The van der Waals surface area contributed by atoms with Crippen molar-refractivity contribution in [2.75, 3.05) is 13.1 Å². The van der Waals surface area contributed by atoms with E-state index in [0.717, 1.165) is 41.0 Å². The average molecular weight is 490 g/mol. The van der Waals surface area contributed by atoms with Gasteiger partial charge in [-0.2, -0.15) is 0 Å². The van der Waals surface area contributed by atoms with Gasteiger partial charge >= 0.3 is 6.16 Å². The molecule has 0 bridgehead atoms. The molecule has 1 aliphatic heterocycles. The Morgan fingerprint density at radius 3 is 2.71 bits per heavy atom. The van der Waals surface area contributed by atoms with Gasteiger partial charge in [-0.25, -0.2) is 19.2 Å². The summed E-state index contributed by atoms with van der Waals surface area (Å²) in [5, 5.41) is 9.41. The number of carboxylic acid groups (broad SMARTS) is 1. The Hall–Kier alpha value is -3.36. The van der Waals surface area contributed by atoms with Crippen LogP contribution in [0.2, 0.25) is 0 Å². The van der Waals surface area contributed by atoms with Crippen LogP contribution in [0.4, 0.5) is 9.18 Å². The van der Waals surface area contributed by atoms with E-state index >= 15 is 4.39 Å². The van der Waals surface area contributed by atoms with E-state index in [4.69, 9.17) is 14.8 Å². The van der Waals surface area contributed by atoms with Crippen LogP contribution in [-0.2, 0) is 16.7 Å². The number of benzene rings is 2. The highest BCUT2D eigenvalue weighted by molar-refractivity contribution is 7.21. The van der Waals surface area contributed by atoms with E-state index < -0.39 is 6.16 Å².